The van der Waals surface area contributed by atoms with Gasteiger partial charge in [0, 0.05) is 11.8 Å². The van der Waals surface area contributed by atoms with Crippen LogP contribution in [-0.4, -0.2) is 14.6 Å². The van der Waals surface area contributed by atoms with E-state index in [1.54, 1.807) is 4.52 Å². The molecule has 0 radical (unpaired) electrons. The van der Waals surface area contributed by atoms with Crippen LogP contribution >= 0.6 is 11.6 Å². The second-order valence-corrected chi connectivity index (χ2v) is 3.57. The third-order valence-electron chi connectivity index (χ3n) is 2.21. The number of hydrogen-bond donors (Lipinski definition) is 0. The van der Waals surface area contributed by atoms with E-state index in [1.165, 1.54) is 0 Å². The number of rotatable bonds is 2. The van der Waals surface area contributed by atoms with E-state index in [1.807, 2.05) is 12.1 Å². The first-order valence-corrected chi connectivity index (χ1v) is 5.16. The first-order chi connectivity index (χ1) is 6.74. The van der Waals surface area contributed by atoms with Crippen LogP contribution in [-0.2, 0) is 12.8 Å². The number of fused-ring (bicyclic) bond motifs is 1. The maximum atomic E-state index is 6.07. The van der Waals surface area contributed by atoms with Gasteiger partial charge in [-0.1, -0.05) is 25.4 Å². The molecule has 0 amide bonds. The molecule has 0 saturated heterocycles. The molecule has 2 rings (SSSR count). The van der Waals surface area contributed by atoms with Crippen LogP contribution in [0.1, 0.15) is 25.2 Å². The second-order valence-electron chi connectivity index (χ2n) is 3.18. The molecule has 14 heavy (non-hydrogen) atoms. The van der Waals surface area contributed by atoms with Crippen molar-refractivity contribution in [2.45, 2.75) is 26.7 Å². The molecule has 0 unspecified atom stereocenters. The number of aryl methyl sites for hydroxylation is 2. The Morgan fingerprint density at radius 1 is 1.21 bits per heavy atom. The third kappa shape index (κ3) is 1.48. The van der Waals surface area contributed by atoms with Gasteiger partial charge in [-0.05, 0) is 18.9 Å². The van der Waals surface area contributed by atoms with E-state index in [4.69, 9.17) is 11.6 Å². The SMILES string of the molecule is CCc1cc(Cl)n2nc(CC)cc2n1. The molecule has 0 saturated carbocycles. The molecular weight excluding hydrogens is 198 g/mol. The van der Waals surface area contributed by atoms with E-state index < -0.39 is 0 Å². The minimum absolute atomic E-state index is 0.631. The molecule has 74 valence electrons. The molecule has 2 heterocycles. The third-order valence-corrected chi connectivity index (χ3v) is 2.48. The predicted molar refractivity (Wildman–Crippen MR) is 56.8 cm³/mol. The molecule has 0 bridgehead atoms. The fourth-order valence-corrected chi connectivity index (χ4v) is 1.64. The lowest BCUT2D eigenvalue weighted by Crippen LogP contribution is -1.96. The van der Waals surface area contributed by atoms with Gasteiger partial charge in [-0.25, -0.2) is 9.50 Å². The summed E-state index contributed by atoms with van der Waals surface area (Å²) in [7, 11) is 0. The molecule has 0 fully saturated rings. The lowest BCUT2D eigenvalue weighted by atomic mass is 10.3. The van der Waals surface area contributed by atoms with Crippen molar-refractivity contribution in [2.24, 2.45) is 0 Å². The lowest BCUT2D eigenvalue weighted by Gasteiger charge is -1.99. The minimum atomic E-state index is 0.631. The van der Waals surface area contributed by atoms with Crippen LogP contribution in [0.5, 0.6) is 0 Å². The maximum Gasteiger partial charge on any atom is 0.157 e. The number of aromatic nitrogens is 3. The average Bonchev–Trinajstić information content (AvgIpc) is 2.61. The predicted octanol–water partition coefficient (Wildman–Crippen LogP) is 2.51. The van der Waals surface area contributed by atoms with E-state index >= 15 is 0 Å². The largest absolute Gasteiger partial charge is 0.233 e. The normalized spacial score (nSPS) is 11.1. The van der Waals surface area contributed by atoms with Crippen molar-refractivity contribution >= 4 is 17.2 Å². The van der Waals surface area contributed by atoms with E-state index in [0.29, 0.717) is 5.15 Å². The van der Waals surface area contributed by atoms with Crippen molar-refractivity contribution in [2.75, 3.05) is 0 Å². The summed E-state index contributed by atoms with van der Waals surface area (Å²) in [5.74, 6) is 0. The average molecular weight is 210 g/mol. The fraction of sp³-hybridized carbons (Fsp3) is 0.400. The van der Waals surface area contributed by atoms with Gasteiger partial charge in [0.25, 0.3) is 0 Å². The maximum absolute atomic E-state index is 6.07. The summed E-state index contributed by atoms with van der Waals surface area (Å²) < 4.78 is 1.68. The highest BCUT2D eigenvalue weighted by Gasteiger charge is 2.05. The van der Waals surface area contributed by atoms with Crippen LogP contribution in [0.3, 0.4) is 0 Å². The zero-order valence-corrected chi connectivity index (χ0v) is 9.04. The zero-order valence-electron chi connectivity index (χ0n) is 8.29. The second kappa shape index (κ2) is 3.58. The Morgan fingerprint density at radius 3 is 2.57 bits per heavy atom. The van der Waals surface area contributed by atoms with Crippen LogP contribution in [0.15, 0.2) is 12.1 Å². The molecule has 2 aromatic heterocycles. The van der Waals surface area contributed by atoms with Crippen molar-refractivity contribution in [1.29, 1.82) is 0 Å². The Bertz CT molecular complexity index is 462. The fourth-order valence-electron chi connectivity index (χ4n) is 1.39. The number of nitrogens with zero attached hydrogens (tertiary/aromatic N) is 3. The van der Waals surface area contributed by atoms with Gasteiger partial charge in [0.05, 0.1) is 5.69 Å². The van der Waals surface area contributed by atoms with Gasteiger partial charge in [0.2, 0.25) is 0 Å². The van der Waals surface area contributed by atoms with Gasteiger partial charge in [0.15, 0.2) is 5.65 Å². The van der Waals surface area contributed by atoms with Crippen molar-refractivity contribution in [3.05, 3.63) is 28.7 Å². The van der Waals surface area contributed by atoms with E-state index in [-0.39, 0.29) is 0 Å². The highest BCUT2D eigenvalue weighted by Crippen LogP contribution is 2.14. The molecule has 0 spiro atoms. The van der Waals surface area contributed by atoms with Gasteiger partial charge < -0.3 is 0 Å². The summed E-state index contributed by atoms with van der Waals surface area (Å²) in [6.07, 6.45) is 1.80. The summed E-state index contributed by atoms with van der Waals surface area (Å²) in [6, 6.07) is 3.84. The van der Waals surface area contributed by atoms with Crippen LogP contribution in [0.25, 0.3) is 5.65 Å². The Hall–Kier alpha value is -1.09. The summed E-state index contributed by atoms with van der Waals surface area (Å²) in [6.45, 7) is 4.13. The van der Waals surface area contributed by atoms with Crippen LogP contribution in [0.4, 0.5) is 0 Å². The molecule has 0 aromatic carbocycles. The number of hydrogen-bond acceptors (Lipinski definition) is 2. The van der Waals surface area contributed by atoms with E-state index in [0.717, 1.165) is 29.9 Å². The Morgan fingerprint density at radius 2 is 1.93 bits per heavy atom. The minimum Gasteiger partial charge on any atom is -0.233 e. The van der Waals surface area contributed by atoms with Gasteiger partial charge in [-0.15, -0.1) is 0 Å². The van der Waals surface area contributed by atoms with Crippen molar-refractivity contribution in [3.63, 3.8) is 0 Å². The molecule has 0 aliphatic carbocycles. The lowest BCUT2D eigenvalue weighted by molar-refractivity contribution is 0.874. The topological polar surface area (TPSA) is 30.2 Å². The van der Waals surface area contributed by atoms with Crippen LogP contribution in [0.2, 0.25) is 5.15 Å². The van der Waals surface area contributed by atoms with Crippen molar-refractivity contribution < 1.29 is 0 Å². The Balaban J connectivity index is 2.67. The summed E-state index contributed by atoms with van der Waals surface area (Å²) in [5.41, 5.74) is 2.86. The van der Waals surface area contributed by atoms with Gasteiger partial charge >= 0.3 is 0 Å². The molecule has 0 aliphatic rings. The molecule has 4 heteroatoms. The Kier molecular flexibility index (Phi) is 2.42. The number of halogens is 1. The molecular formula is C10H12ClN3. The molecule has 2 aromatic rings. The molecule has 3 nitrogen and oxygen atoms in total. The van der Waals surface area contributed by atoms with E-state index in [9.17, 15) is 0 Å². The van der Waals surface area contributed by atoms with Crippen molar-refractivity contribution in [1.82, 2.24) is 14.6 Å². The first-order valence-electron chi connectivity index (χ1n) is 4.78. The molecule has 0 aliphatic heterocycles. The zero-order chi connectivity index (χ0) is 10.1. The van der Waals surface area contributed by atoms with Crippen LogP contribution < -0.4 is 0 Å². The summed E-state index contributed by atoms with van der Waals surface area (Å²) in [5, 5.41) is 4.96. The summed E-state index contributed by atoms with van der Waals surface area (Å²) in [4.78, 5) is 4.44. The quantitative estimate of drug-likeness (QED) is 0.712. The molecule has 0 atom stereocenters. The monoisotopic (exact) mass is 209 g/mol. The van der Waals surface area contributed by atoms with E-state index in [2.05, 4.69) is 23.9 Å². The highest BCUT2D eigenvalue weighted by molar-refractivity contribution is 6.29. The first kappa shape index (κ1) is 9.46. The Labute approximate surface area is 87.7 Å². The van der Waals surface area contributed by atoms with Gasteiger partial charge in [-0.3, -0.25) is 0 Å². The van der Waals surface area contributed by atoms with Gasteiger partial charge in [0.1, 0.15) is 5.15 Å². The van der Waals surface area contributed by atoms with Crippen LogP contribution in [0, 0.1) is 0 Å². The smallest absolute Gasteiger partial charge is 0.157 e. The summed E-state index contributed by atoms with van der Waals surface area (Å²) >= 11 is 6.07. The standard InChI is InChI=1S/C10H12ClN3/c1-3-7-5-9(11)14-10(12-7)6-8(4-2)13-14/h5-6H,3-4H2,1-2H3. The highest BCUT2D eigenvalue weighted by atomic mass is 35.5. The van der Waals surface area contributed by atoms with Crippen molar-refractivity contribution in [3.8, 4) is 0 Å². The van der Waals surface area contributed by atoms with Gasteiger partial charge in [-0.2, -0.15) is 5.10 Å². The molecule has 0 N–H and O–H groups in total.